The molecule has 0 aromatic heterocycles. The van der Waals surface area contributed by atoms with Gasteiger partial charge in [-0.25, -0.2) is 0 Å². The van der Waals surface area contributed by atoms with Gasteiger partial charge in [0, 0.05) is 21.5 Å². The Morgan fingerprint density at radius 2 is 2.33 bits per heavy atom. The fraction of sp³-hybridized carbons (Fsp3) is 0.364. The van der Waals surface area contributed by atoms with Crippen LogP contribution in [0, 0.1) is 11.3 Å². The van der Waals surface area contributed by atoms with Gasteiger partial charge >= 0.3 is 0 Å². The molecule has 0 fully saturated rings. The van der Waals surface area contributed by atoms with Gasteiger partial charge in [0.25, 0.3) is 0 Å². The van der Waals surface area contributed by atoms with Crippen LogP contribution in [-0.4, -0.2) is 17.5 Å². The largest absolute Gasteiger partial charge is 0.379 e. The number of nitrogens with zero attached hydrogens (tertiary/aromatic N) is 1. The fourth-order valence-corrected chi connectivity index (χ4v) is 3.11. The van der Waals surface area contributed by atoms with E-state index >= 15 is 0 Å². The molecule has 78 valence electrons. The second-order valence-corrected chi connectivity index (χ2v) is 5.53. The molecule has 1 aliphatic heterocycles. The molecule has 0 bridgehead atoms. The van der Waals surface area contributed by atoms with Crippen LogP contribution in [0.3, 0.4) is 0 Å². The van der Waals surface area contributed by atoms with Gasteiger partial charge in [0.05, 0.1) is 6.07 Å². The van der Waals surface area contributed by atoms with E-state index in [1.54, 1.807) is 23.5 Å². The van der Waals surface area contributed by atoms with Crippen LogP contribution in [0.15, 0.2) is 28.0 Å². The summed E-state index contributed by atoms with van der Waals surface area (Å²) < 4.78 is 0. The molecule has 15 heavy (non-hydrogen) atoms. The van der Waals surface area contributed by atoms with Gasteiger partial charge in [-0.1, -0.05) is 0 Å². The van der Waals surface area contributed by atoms with E-state index in [0.29, 0.717) is 0 Å². The highest BCUT2D eigenvalue weighted by Crippen LogP contribution is 2.39. The lowest BCUT2D eigenvalue weighted by molar-refractivity contribution is 0.818. The van der Waals surface area contributed by atoms with Crippen LogP contribution in [0.4, 0.5) is 5.69 Å². The molecular formula is C11H12N2S2. The van der Waals surface area contributed by atoms with Gasteiger partial charge in [0.1, 0.15) is 5.25 Å². The van der Waals surface area contributed by atoms with E-state index in [9.17, 15) is 0 Å². The van der Waals surface area contributed by atoms with Crippen LogP contribution < -0.4 is 5.32 Å². The lowest BCUT2D eigenvalue weighted by Gasteiger charge is -2.27. The van der Waals surface area contributed by atoms with Crippen LogP contribution in [0.25, 0.3) is 0 Å². The molecule has 2 atom stereocenters. The zero-order valence-corrected chi connectivity index (χ0v) is 10.3. The summed E-state index contributed by atoms with van der Waals surface area (Å²) in [6.07, 6.45) is 2.06. The molecule has 0 amide bonds. The quantitative estimate of drug-likeness (QED) is 0.760. The van der Waals surface area contributed by atoms with Gasteiger partial charge in [0.2, 0.25) is 0 Å². The van der Waals surface area contributed by atoms with E-state index in [0.717, 1.165) is 5.69 Å². The zero-order valence-electron chi connectivity index (χ0n) is 8.65. The smallest absolute Gasteiger partial charge is 0.116 e. The van der Waals surface area contributed by atoms with Crippen LogP contribution in [0.2, 0.25) is 0 Å². The molecule has 0 saturated carbocycles. The van der Waals surface area contributed by atoms with Crippen molar-refractivity contribution in [1.29, 1.82) is 5.26 Å². The molecule has 2 nitrogen and oxygen atoms in total. The zero-order chi connectivity index (χ0) is 10.8. The standard InChI is InChI=1S/C11H12N2S2/c1-7-11(6-12)15-10-5-8(14-2)3-4-9(10)13-7/h3-5,7,11,13H,1-2H3. The van der Waals surface area contributed by atoms with Crippen LogP contribution in [0.1, 0.15) is 6.92 Å². The number of anilines is 1. The van der Waals surface area contributed by atoms with Gasteiger partial charge in [-0.05, 0) is 31.4 Å². The molecule has 1 aromatic rings. The van der Waals surface area contributed by atoms with Crippen molar-refractivity contribution in [3.63, 3.8) is 0 Å². The Labute approximate surface area is 98.4 Å². The third-order valence-corrected chi connectivity index (χ3v) is 4.49. The van der Waals surface area contributed by atoms with Gasteiger partial charge in [-0.3, -0.25) is 0 Å². The molecule has 2 rings (SSSR count). The predicted molar refractivity (Wildman–Crippen MR) is 66.6 cm³/mol. The Balaban J connectivity index is 2.34. The average Bonchev–Trinajstić information content (AvgIpc) is 2.27. The summed E-state index contributed by atoms with van der Waals surface area (Å²) in [5, 5.41) is 12.4. The van der Waals surface area contributed by atoms with Crippen molar-refractivity contribution in [3.8, 4) is 6.07 Å². The van der Waals surface area contributed by atoms with Gasteiger partial charge in [-0.2, -0.15) is 5.26 Å². The molecule has 1 aliphatic rings. The minimum Gasteiger partial charge on any atom is -0.379 e. The fourth-order valence-electron chi connectivity index (χ4n) is 1.54. The highest BCUT2D eigenvalue weighted by Gasteiger charge is 2.25. The van der Waals surface area contributed by atoms with E-state index in [1.807, 2.05) is 6.92 Å². The predicted octanol–water partition coefficient (Wildman–Crippen LogP) is 3.21. The van der Waals surface area contributed by atoms with Crippen molar-refractivity contribution in [1.82, 2.24) is 0 Å². The monoisotopic (exact) mass is 236 g/mol. The van der Waals surface area contributed by atoms with Crippen molar-refractivity contribution in [3.05, 3.63) is 18.2 Å². The van der Waals surface area contributed by atoms with Crippen molar-refractivity contribution < 1.29 is 0 Å². The van der Waals surface area contributed by atoms with Crippen LogP contribution in [-0.2, 0) is 0 Å². The molecule has 1 heterocycles. The number of thioether (sulfide) groups is 2. The molecule has 0 radical (unpaired) electrons. The Hall–Kier alpha value is -0.790. The van der Waals surface area contributed by atoms with Crippen LogP contribution >= 0.6 is 23.5 Å². The first-order valence-electron chi connectivity index (χ1n) is 4.75. The molecule has 0 spiro atoms. The van der Waals surface area contributed by atoms with E-state index in [-0.39, 0.29) is 11.3 Å². The second kappa shape index (κ2) is 4.38. The number of benzene rings is 1. The van der Waals surface area contributed by atoms with Crippen molar-refractivity contribution in [2.24, 2.45) is 0 Å². The maximum atomic E-state index is 9.00. The van der Waals surface area contributed by atoms with E-state index in [2.05, 4.69) is 35.8 Å². The minimum atomic E-state index is 0.00889. The second-order valence-electron chi connectivity index (χ2n) is 3.46. The number of nitrogens with one attached hydrogen (secondary N) is 1. The first-order chi connectivity index (χ1) is 7.24. The lowest BCUT2D eigenvalue weighted by Crippen LogP contribution is -2.30. The number of fused-ring (bicyclic) bond motifs is 1. The normalized spacial score (nSPS) is 23.8. The summed E-state index contributed by atoms with van der Waals surface area (Å²) >= 11 is 3.38. The summed E-state index contributed by atoms with van der Waals surface area (Å²) in [7, 11) is 0. The van der Waals surface area contributed by atoms with Gasteiger partial charge in [-0.15, -0.1) is 23.5 Å². The number of hydrogen-bond donors (Lipinski definition) is 1. The SMILES string of the molecule is CSc1ccc2c(c1)SC(C#N)C(C)N2. The van der Waals surface area contributed by atoms with Crippen molar-refractivity contribution in [2.75, 3.05) is 11.6 Å². The Kier molecular flexibility index (Phi) is 3.13. The molecule has 2 unspecified atom stereocenters. The molecule has 0 aliphatic carbocycles. The van der Waals surface area contributed by atoms with Gasteiger partial charge in [0.15, 0.2) is 0 Å². The Morgan fingerprint density at radius 1 is 1.53 bits per heavy atom. The maximum Gasteiger partial charge on any atom is 0.116 e. The molecule has 1 aromatic carbocycles. The van der Waals surface area contributed by atoms with Gasteiger partial charge < -0.3 is 5.32 Å². The topological polar surface area (TPSA) is 35.8 Å². The van der Waals surface area contributed by atoms with E-state index < -0.39 is 0 Å². The van der Waals surface area contributed by atoms with E-state index in [1.165, 1.54) is 9.79 Å². The average molecular weight is 236 g/mol. The number of rotatable bonds is 1. The summed E-state index contributed by atoms with van der Waals surface area (Å²) in [6.45, 7) is 2.05. The van der Waals surface area contributed by atoms with Crippen molar-refractivity contribution in [2.45, 2.75) is 28.0 Å². The maximum absolute atomic E-state index is 9.00. The third kappa shape index (κ3) is 2.09. The Bertz CT molecular complexity index is 412. The first kappa shape index (κ1) is 10.7. The summed E-state index contributed by atoms with van der Waals surface area (Å²) in [5.41, 5.74) is 1.15. The minimum absolute atomic E-state index is 0.00889. The highest BCUT2D eigenvalue weighted by molar-refractivity contribution is 8.00. The molecule has 0 saturated heterocycles. The molecule has 4 heteroatoms. The molecule has 1 N–H and O–H groups in total. The Morgan fingerprint density at radius 3 is 3.00 bits per heavy atom. The number of hydrogen-bond acceptors (Lipinski definition) is 4. The molecular weight excluding hydrogens is 224 g/mol. The third-order valence-electron chi connectivity index (χ3n) is 2.41. The van der Waals surface area contributed by atoms with Crippen LogP contribution in [0.5, 0.6) is 0 Å². The summed E-state index contributed by atoms with van der Waals surface area (Å²) in [6, 6.07) is 8.89. The summed E-state index contributed by atoms with van der Waals surface area (Å²) in [5.74, 6) is 0. The summed E-state index contributed by atoms with van der Waals surface area (Å²) in [4.78, 5) is 2.43. The van der Waals surface area contributed by atoms with Crippen molar-refractivity contribution >= 4 is 29.2 Å². The highest BCUT2D eigenvalue weighted by atomic mass is 32.2. The first-order valence-corrected chi connectivity index (χ1v) is 6.86. The number of nitriles is 1. The van der Waals surface area contributed by atoms with E-state index in [4.69, 9.17) is 5.26 Å². The lowest BCUT2D eigenvalue weighted by atomic mass is 10.2.